The van der Waals surface area contributed by atoms with Gasteiger partial charge in [-0.1, -0.05) is 25.0 Å². The highest BCUT2D eigenvalue weighted by molar-refractivity contribution is 7.99. The van der Waals surface area contributed by atoms with Crippen molar-refractivity contribution in [3.8, 4) is 0 Å². The van der Waals surface area contributed by atoms with E-state index in [4.69, 9.17) is 5.73 Å². The highest BCUT2D eigenvalue weighted by Crippen LogP contribution is 2.35. The Morgan fingerprint density at radius 3 is 2.77 bits per heavy atom. The van der Waals surface area contributed by atoms with Gasteiger partial charge >= 0.3 is 0 Å². The van der Waals surface area contributed by atoms with Gasteiger partial charge in [0.15, 0.2) is 0 Å². The number of para-hydroxylation sites is 1. The zero-order valence-corrected chi connectivity index (χ0v) is 8.52. The van der Waals surface area contributed by atoms with Crippen LogP contribution in [0, 0.1) is 5.92 Å². The summed E-state index contributed by atoms with van der Waals surface area (Å²) >= 11 is 1.89. The third kappa shape index (κ3) is 2.66. The van der Waals surface area contributed by atoms with Crippen LogP contribution in [-0.4, -0.2) is 5.75 Å². The van der Waals surface area contributed by atoms with E-state index in [2.05, 4.69) is 12.1 Å². The standard InChI is InChI=1S/C11H15NS/c12-10-3-1-2-4-11(10)13-8-7-9-5-6-9/h1-4,9H,5-8,12H2. The molecule has 0 heterocycles. The number of anilines is 1. The van der Waals surface area contributed by atoms with Crippen LogP contribution in [0.1, 0.15) is 19.3 Å². The lowest BCUT2D eigenvalue weighted by Gasteiger charge is -2.03. The van der Waals surface area contributed by atoms with Gasteiger partial charge in [-0.15, -0.1) is 11.8 Å². The number of nitrogen functional groups attached to an aromatic ring is 1. The van der Waals surface area contributed by atoms with E-state index in [1.54, 1.807) is 0 Å². The number of hydrogen-bond acceptors (Lipinski definition) is 2. The van der Waals surface area contributed by atoms with Gasteiger partial charge in [-0.3, -0.25) is 0 Å². The molecule has 0 spiro atoms. The second-order valence-corrected chi connectivity index (χ2v) is 4.76. The van der Waals surface area contributed by atoms with E-state index >= 15 is 0 Å². The van der Waals surface area contributed by atoms with Crippen molar-refractivity contribution >= 4 is 17.4 Å². The summed E-state index contributed by atoms with van der Waals surface area (Å²) in [5, 5.41) is 0. The Bertz CT molecular complexity index is 281. The van der Waals surface area contributed by atoms with Crippen molar-refractivity contribution in [2.75, 3.05) is 11.5 Å². The first-order chi connectivity index (χ1) is 6.36. The van der Waals surface area contributed by atoms with Crippen LogP contribution in [-0.2, 0) is 0 Å². The van der Waals surface area contributed by atoms with Crippen molar-refractivity contribution < 1.29 is 0 Å². The molecule has 1 aromatic carbocycles. The van der Waals surface area contributed by atoms with Crippen LogP contribution in [0.15, 0.2) is 29.2 Å². The van der Waals surface area contributed by atoms with Crippen LogP contribution in [0.2, 0.25) is 0 Å². The van der Waals surface area contributed by atoms with Crippen LogP contribution < -0.4 is 5.73 Å². The molecule has 0 saturated heterocycles. The Morgan fingerprint density at radius 2 is 2.08 bits per heavy atom. The summed E-state index contributed by atoms with van der Waals surface area (Å²) in [5.41, 5.74) is 6.75. The molecule has 70 valence electrons. The molecule has 13 heavy (non-hydrogen) atoms. The van der Waals surface area contributed by atoms with Crippen molar-refractivity contribution in [2.45, 2.75) is 24.2 Å². The lowest BCUT2D eigenvalue weighted by atomic mass is 10.3. The van der Waals surface area contributed by atoms with E-state index < -0.39 is 0 Å². The fourth-order valence-corrected chi connectivity index (χ4v) is 2.43. The Morgan fingerprint density at radius 1 is 1.31 bits per heavy atom. The van der Waals surface area contributed by atoms with Gasteiger partial charge in [-0.05, 0) is 30.2 Å². The van der Waals surface area contributed by atoms with Gasteiger partial charge in [0, 0.05) is 10.6 Å². The summed E-state index contributed by atoms with van der Waals surface area (Å²) in [7, 11) is 0. The predicted octanol–water partition coefficient (Wildman–Crippen LogP) is 3.16. The molecule has 0 unspecified atom stereocenters. The average Bonchev–Trinajstić information content (AvgIpc) is 2.92. The molecule has 0 radical (unpaired) electrons. The Hall–Kier alpha value is -0.630. The summed E-state index contributed by atoms with van der Waals surface area (Å²) in [6.07, 6.45) is 4.26. The molecule has 0 amide bonds. The molecule has 0 aliphatic heterocycles. The maximum Gasteiger partial charge on any atom is 0.0452 e. The largest absolute Gasteiger partial charge is 0.398 e. The third-order valence-electron chi connectivity index (χ3n) is 2.40. The van der Waals surface area contributed by atoms with Crippen LogP contribution in [0.25, 0.3) is 0 Å². The van der Waals surface area contributed by atoms with E-state index in [1.807, 2.05) is 23.9 Å². The summed E-state index contributed by atoms with van der Waals surface area (Å²) in [4.78, 5) is 1.24. The van der Waals surface area contributed by atoms with E-state index in [1.165, 1.54) is 29.9 Å². The first kappa shape index (κ1) is 8.95. The van der Waals surface area contributed by atoms with Crippen molar-refractivity contribution in [3.05, 3.63) is 24.3 Å². The van der Waals surface area contributed by atoms with Gasteiger partial charge in [-0.25, -0.2) is 0 Å². The van der Waals surface area contributed by atoms with Gasteiger partial charge in [0.25, 0.3) is 0 Å². The summed E-state index contributed by atoms with van der Waals surface area (Å²) < 4.78 is 0. The maximum absolute atomic E-state index is 5.83. The van der Waals surface area contributed by atoms with Crippen LogP contribution >= 0.6 is 11.8 Å². The van der Waals surface area contributed by atoms with Crippen LogP contribution in [0.4, 0.5) is 5.69 Å². The SMILES string of the molecule is Nc1ccccc1SCCC1CC1. The number of thioether (sulfide) groups is 1. The molecule has 0 aromatic heterocycles. The highest BCUT2D eigenvalue weighted by Gasteiger charge is 2.20. The summed E-state index contributed by atoms with van der Waals surface area (Å²) in [5.74, 6) is 2.25. The molecule has 1 aliphatic rings. The number of benzene rings is 1. The Labute approximate surface area is 83.7 Å². The summed E-state index contributed by atoms with van der Waals surface area (Å²) in [6.45, 7) is 0. The fourth-order valence-electron chi connectivity index (χ4n) is 1.35. The first-order valence-corrected chi connectivity index (χ1v) is 5.82. The quantitative estimate of drug-likeness (QED) is 0.587. The van der Waals surface area contributed by atoms with Gasteiger partial charge < -0.3 is 5.73 Å². The van der Waals surface area contributed by atoms with Gasteiger partial charge in [0.2, 0.25) is 0 Å². The minimum atomic E-state index is 0.920. The lowest BCUT2D eigenvalue weighted by molar-refractivity contribution is 0.809. The number of rotatable bonds is 4. The Kier molecular flexibility index (Phi) is 2.79. The second kappa shape index (κ2) is 4.05. The molecule has 1 fully saturated rings. The molecule has 2 N–H and O–H groups in total. The summed E-state index contributed by atoms with van der Waals surface area (Å²) in [6, 6.07) is 8.11. The zero-order valence-electron chi connectivity index (χ0n) is 7.70. The molecule has 1 saturated carbocycles. The monoisotopic (exact) mass is 193 g/mol. The Balaban J connectivity index is 1.82. The lowest BCUT2D eigenvalue weighted by Crippen LogP contribution is -1.88. The molecule has 2 rings (SSSR count). The molecule has 1 aliphatic carbocycles. The second-order valence-electron chi connectivity index (χ2n) is 3.62. The van der Waals surface area contributed by atoms with Crippen LogP contribution in [0.5, 0.6) is 0 Å². The number of nitrogens with two attached hydrogens (primary N) is 1. The van der Waals surface area contributed by atoms with Crippen molar-refractivity contribution in [1.29, 1.82) is 0 Å². The van der Waals surface area contributed by atoms with Crippen molar-refractivity contribution in [2.24, 2.45) is 5.92 Å². The minimum absolute atomic E-state index is 0.920. The van der Waals surface area contributed by atoms with Gasteiger partial charge in [-0.2, -0.15) is 0 Å². The first-order valence-electron chi connectivity index (χ1n) is 4.83. The molecule has 1 aromatic rings. The molecule has 0 atom stereocenters. The topological polar surface area (TPSA) is 26.0 Å². The number of hydrogen-bond donors (Lipinski definition) is 1. The van der Waals surface area contributed by atoms with E-state index in [0.717, 1.165) is 11.6 Å². The van der Waals surface area contributed by atoms with E-state index in [-0.39, 0.29) is 0 Å². The predicted molar refractivity (Wildman–Crippen MR) is 58.9 cm³/mol. The minimum Gasteiger partial charge on any atom is -0.398 e. The smallest absolute Gasteiger partial charge is 0.0452 e. The van der Waals surface area contributed by atoms with Crippen molar-refractivity contribution in [3.63, 3.8) is 0 Å². The van der Waals surface area contributed by atoms with Gasteiger partial charge in [0.1, 0.15) is 0 Å². The van der Waals surface area contributed by atoms with E-state index in [0.29, 0.717) is 0 Å². The molecule has 2 heteroatoms. The highest BCUT2D eigenvalue weighted by atomic mass is 32.2. The molecule has 1 nitrogen and oxygen atoms in total. The fraction of sp³-hybridized carbons (Fsp3) is 0.455. The zero-order chi connectivity index (χ0) is 9.10. The third-order valence-corrected chi connectivity index (χ3v) is 3.52. The van der Waals surface area contributed by atoms with Crippen molar-refractivity contribution in [1.82, 2.24) is 0 Å². The maximum atomic E-state index is 5.83. The average molecular weight is 193 g/mol. The molecular formula is C11H15NS. The van der Waals surface area contributed by atoms with Crippen LogP contribution in [0.3, 0.4) is 0 Å². The normalized spacial score (nSPS) is 16.0. The van der Waals surface area contributed by atoms with E-state index in [9.17, 15) is 0 Å². The molecule has 0 bridgehead atoms. The molecular weight excluding hydrogens is 178 g/mol. The van der Waals surface area contributed by atoms with Gasteiger partial charge in [0.05, 0.1) is 0 Å².